The first-order chi connectivity index (χ1) is 9.24. The van der Waals surface area contributed by atoms with Crippen LogP contribution >= 0.6 is 0 Å². The van der Waals surface area contributed by atoms with E-state index in [2.05, 4.69) is 0 Å². The summed E-state index contributed by atoms with van der Waals surface area (Å²) in [5.74, 6) is 1.02. The molecule has 0 aromatic heterocycles. The van der Waals surface area contributed by atoms with Gasteiger partial charge in [-0.05, 0) is 30.2 Å². The van der Waals surface area contributed by atoms with Crippen LogP contribution in [0.5, 0.6) is 5.75 Å². The molecule has 0 spiro atoms. The number of allylic oxidation sites excluding steroid dienone is 1. The van der Waals surface area contributed by atoms with Crippen LogP contribution in [0.3, 0.4) is 0 Å². The molecule has 0 saturated heterocycles. The van der Waals surface area contributed by atoms with Gasteiger partial charge in [-0.2, -0.15) is 0 Å². The lowest BCUT2D eigenvalue weighted by Gasteiger charge is -2.04. The lowest BCUT2D eigenvalue weighted by molar-refractivity contribution is -0.131. The molecule has 0 radical (unpaired) electrons. The highest BCUT2D eigenvalue weighted by Crippen LogP contribution is 2.28. The van der Waals surface area contributed by atoms with Crippen molar-refractivity contribution in [2.45, 2.75) is 6.92 Å². The average molecular weight is 252 g/mol. The Labute approximate surface area is 111 Å². The second-order valence-corrected chi connectivity index (χ2v) is 4.27. The molecule has 94 valence electrons. The largest absolute Gasteiger partial charge is 0.447 e. The molecule has 0 fully saturated rings. The average Bonchev–Trinajstić information content (AvgIpc) is 3.18. The zero-order chi connectivity index (χ0) is 13.2. The van der Waals surface area contributed by atoms with E-state index >= 15 is 0 Å². The van der Waals surface area contributed by atoms with E-state index in [1.807, 2.05) is 42.5 Å². The molecule has 1 aliphatic rings. The summed E-state index contributed by atoms with van der Waals surface area (Å²) >= 11 is 0. The van der Waals surface area contributed by atoms with Crippen LogP contribution < -0.4 is 4.74 Å². The molecule has 3 heteroatoms. The fourth-order valence-corrected chi connectivity index (χ4v) is 1.81. The standard InChI is InChI=1S/C16H12O3/c1-11-15(18-11)16(17)19-14-9-7-13(8-10-14)12-5-3-2-4-6-12/h2-10H,1H3. The molecule has 0 unspecified atom stereocenters. The molecule has 0 N–H and O–H groups in total. The Morgan fingerprint density at radius 1 is 0.947 bits per heavy atom. The van der Waals surface area contributed by atoms with Gasteiger partial charge in [0.2, 0.25) is 5.76 Å². The van der Waals surface area contributed by atoms with Gasteiger partial charge < -0.3 is 9.47 Å². The zero-order valence-corrected chi connectivity index (χ0v) is 10.4. The van der Waals surface area contributed by atoms with Crippen LogP contribution in [-0.2, 0) is 9.53 Å². The summed E-state index contributed by atoms with van der Waals surface area (Å²) in [4.78, 5) is 11.5. The van der Waals surface area contributed by atoms with E-state index in [4.69, 9.17) is 9.47 Å². The Morgan fingerprint density at radius 3 is 2.11 bits per heavy atom. The molecule has 0 bridgehead atoms. The Bertz CT molecular complexity index is 639. The summed E-state index contributed by atoms with van der Waals surface area (Å²) in [6.45, 7) is 1.73. The summed E-state index contributed by atoms with van der Waals surface area (Å²) in [5, 5.41) is 0. The van der Waals surface area contributed by atoms with Crippen LogP contribution in [0.2, 0.25) is 0 Å². The minimum atomic E-state index is -0.440. The molecule has 2 aromatic carbocycles. The molecule has 2 aromatic rings. The van der Waals surface area contributed by atoms with Gasteiger partial charge in [0.15, 0.2) is 5.76 Å². The van der Waals surface area contributed by atoms with Gasteiger partial charge in [0.25, 0.3) is 0 Å². The van der Waals surface area contributed by atoms with E-state index < -0.39 is 5.97 Å². The predicted molar refractivity (Wildman–Crippen MR) is 71.3 cm³/mol. The van der Waals surface area contributed by atoms with Gasteiger partial charge in [0, 0.05) is 0 Å². The minimum absolute atomic E-state index is 0.312. The molecule has 3 rings (SSSR count). The van der Waals surface area contributed by atoms with E-state index in [-0.39, 0.29) is 0 Å². The Balaban J connectivity index is 1.74. The molecule has 3 nitrogen and oxygen atoms in total. The molecule has 19 heavy (non-hydrogen) atoms. The van der Waals surface area contributed by atoms with Gasteiger partial charge in [-0.1, -0.05) is 42.5 Å². The number of esters is 1. The molecule has 0 atom stereocenters. The van der Waals surface area contributed by atoms with Crippen molar-refractivity contribution in [1.82, 2.24) is 0 Å². The van der Waals surface area contributed by atoms with Crippen molar-refractivity contribution >= 4 is 5.97 Å². The van der Waals surface area contributed by atoms with Crippen molar-refractivity contribution in [2.24, 2.45) is 0 Å². The fraction of sp³-hybridized carbons (Fsp3) is 0.0625. The van der Waals surface area contributed by atoms with Gasteiger partial charge in [-0.15, -0.1) is 0 Å². The summed E-state index contributed by atoms with van der Waals surface area (Å²) in [5.41, 5.74) is 2.21. The fourth-order valence-electron chi connectivity index (χ4n) is 1.81. The highest BCUT2D eigenvalue weighted by atomic mass is 16.6. The third-order valence-electron chi connectivity index (χ3n) is 2.89. The maximum atomic E-state index is 11.5. The number of carbonyl (C=O) groups is 1. The van der Waals surface area contributed by atoms with E-state index in [9.17, 15) is 4.79 Å². The summed E-state index contributed by atoms with van der Waals surface area (Å²) < 4.78 is 10.1. The molecular weight excluding hydrogens is 240 g/mol. The number of rotatable bonds is 3. The number of hydrogen-bond donors (Lipinski definition) is 0. The van der Waals surface area contributed by atoms with E-state index in [0.717, 1.165) is 11.1 Å². The van der Waals surface area contributed by atoms with Crippen molar-refractivity contribution in [3.05, 3.63) is 66.1 Å². The first-order valence-corrected chi connectivity index (χ1v) is 6.00. The van der Waals surface area contributed by atoms with E-state index in [0.29, 0.717) is 17.3 Å². The van der Waals surface area contributed by atoms with Gasteiger partial charge in [0.05, 0.1) is 0 Å². The molecule has 0 aliphatic carbocycles. The van der Waals surface area contributed by atoms with E-state index in [1.165, 1.54) is 0 Å². The quantitative estimate of drug-likeness (QED) is 0.619. The summed E-state index contributed by atoms with van der Waals surface area (Å²) in [7, 11) is 0. The first kappa shape index (κ1) is 11.5. The maximum absolute atomic E-state index is 11.5. The third-order valence-corrected chi connectivity index (χ3v) is 2.89. The number of ether oxygens (including phenoxy) is 2. The minimum Gasteiger partial charge on any atom is -0.447 e. The molecule has 1 aliphatic heterocycles. The van der Waals surface area contributed by atoms with Crippen molar-refractivity contribution in [2.75, 3.05) is 0 Å². The highest BCUT2D eigenvalue weighted by Gasteiger charge is 2.30. The van der Waals surface area contributed by atoms with Crippen LogP contribution in [-0.4, -0.2) is 5.97 Å². The number of carbonyl (C=O) groups excluding carboxylic acids is 1. The Hall–Kier alpha value is -2.55. The van der Waals surface area contributed by atoms with Crippen LogP contribution in [0.25, 0.3) is 11.1 Å². The second-order valence-electron chi connectivity index (χ2n) is 4.27. The lowest BCUT2D eigenvalue weighted by Crippen LogP contribution is -2.05. The monoisotopic (exact) mass is 252 g/mol. The van der Waals surface area contributed by atoms with Crippen molar-refractivity contribution < 1.29 is 14.3 Å². The van der Waals surface area contributed by atoms with Crippen LogP contribution in [0, 0.1) is 0 Å². The predicted octanol–water partition coefficient (Wildman–Crippen LogP) is 3.52. The van der Waals surface area contributed by atoms with Crippen LogP contribution in [0.15, 0.2) is 66.1 Å². The summed E-state index contributed by atoms with van der Waals surface area (Å²) in [6, 6.07) is 17.4. The number of hydrogen-bond acceptors (Lipinski definition) is 3. The highest BCUT2D eigenvalue weighted by molar-refractivity contribution is 5.91. The number of benzene rings is 2. The van der Waals surface area contributed by atoms with Crippen LogP contribution in [0.1, 0.15) is 6.92 Å². The smallest absolute Gasteiger partial charge is 0.383 e. The lowest BCUT2D eigenvalue weighted by atomic mass is 10.1. The van der Waals surface area contributed by atoms with Gasteiger partial charge in [0.1, 0.15) is 5.75 Å². The molecular formula is C16H12O3. The van der Waals surface area contributed by atoms with Crippen molar-refractivity contribution in [3.63, 3.8) is 0 Å². The third kappa shape index (κ3) is 2.50. The molecule has 0 saturated carbocycles. The first-order valence-electron chi connectivity index (χ1n) is 6.00. The Morgan fingerprint density at radius 2 is 1.53 bits per heavy atom. The van der Waals surface area contributed by atoms with E-state index in [1.54, 1.807) is 19.1 Å². The van der Waals surface area contributed by atoms with Crippen molar-refractivity contribution in [3.8, 4) is 16.9 Å². The molecule has 1 heterocycles. The van der Waals surface area contributed by atoms with Gasteiger partial charge in [-0.3, -0.25) is 0 Å². The Kier molecular flexibility index (Phi) is 2.80. The normalized spacial score (nSPS) is 12.9. The SMILES string of the molecule is CC1=C(C(=O)Oc2ccc(-c3ccccc3)cc2)O1. The van der Waals surface area contributed by atoms with Gasteiger partial charge >= 0.3 is 5.97 Å². The van der Waals surface area contributed by atoms with Crippen molar-refractivity contribution in [1.29, 1.82) is 0 Å². The second kappa shape index (κ2) is 4.61. The summed E-state index contributed by atoms with van der Waals surface area (Å²) in [6.07, 6.45) is 0. The maximum Gasteiger partial charge on any atom is 0.383 e. The van der Waals surface area contributed by atoms with Crippen LogP contribution in [0.4, 0.5) is 0 Å². The topological polar surface area (TPSA) is 38.8 Å². The molecule has 0 amide bonds. The zero-order valence-electron chi connectivity index (χ0n) is 10.4. The van der Waals surface area contributed by atoms with Gasteiger partial charge in [-0.25, -0.2) is 4.79 Å².